The second kappa shape index (κ2) is 7.30. The largest absolute Gasteiger partial charge is 0.365 e. The topological polar surface area (TPSA) is 81.9 Å². The Kier molecular flexibility index (Phi) is 5.11. The number of nitrogens with one attached hydrogen (secondary N) is 1. The first-order valence-electron chi connectivity index (χ1n) is 8.62. The molecule has 6 nitrogen and oxygen atoms in total. The SMILES string of the molecule is N#Cc1nccnc1N[C@H]1CCCC[C@H]1CC(=O)N1CCC(F)(F)C1. The summed E-state index contributed by atoms with van der Waals surface area (Å²) in [5, 5.41) is 12.4. The van der Waals surface area contributed by atoms with Crippen molar-refractivity contribution in [3.05, 3.63) is 18.1 Å². The Morgan fingerprint density at radius 3 is 2.84 bits per heavy atom. The lowest BCUT2D eigenvalue weighted by atomic mass is 9.82. The van der Waals surface area contributed by atoms with Crippen LogP contribution in [-0.2, 0) is 4.79 Å². The Morgan fingerprint density at radius 2 is 2.12 bits per heavy atom. The number of likely N-dealkylation sites (tertiary alicyclic amines) is 1. The predicted octanol–water partition coefficient (Wildman–Crippen LogP) is 2.58. The number of nitriles is 1. The van der Waals surface area contributed by atoms with Gasteiger partial charge in [0.2, 0.25) is 5.91 Å². The smallest absolute Gasteiger partial charge is 0.267 e. The van der Waals surface area contributed by atoms with Crippen LogP contribution in [0.3, 0.4) is 0 Å². The van der Waals surface area contributed by atoms with Crippen molar-refractivity contribution in [2.75, 3.05) is 18.4 Å². The van der Waals surface area contributed by atoms with E-state index < -0.39 is 12.5 Å². The van der Waals surface area contributed by atoms with Crippen molar-refractivity contribution in [3.8, 4) is 6.07 Å². The van der Waals surface area contributed by atoms with Gasteiger partial charge in [-0.15, -0.1) is 0 Å². The van der Waals surface area contributed by atoms with Crippen molar-refractivity contribution < 1.29 is 13.6 Å². The van der Waals surface area contributed by atoms with Crippen molar-refractivity contribution >= 4 is 11.7 Å². The van der Waals surface area contributed by atoms with Crippen LogP contribution in [0.15, 0.2) is 12.4 Å². The Morgan fingerprint density at radius 1 is 1.36 bits per heavy atom. The van der Waals surface area contributed by atoms with Gasteiger partial charge in [0.25, 0.3) is 5.92 Å². The number of hydrogen-bond donors (Lipinski definition) is 1. The van der Waals surface area contributed by atoms with E-state index in [1.807, 2.05) is 6.07 Å². The minimum atomic E-state index is -2.76. The van der Waals surface area contributed by atoms with Gasteiger partial charge in [0.15, 0.2) is 11.5 Å². The van der Waals surface area contributed by atoms with Gasteiger partial charge in [0.1, 0.15) is 6.07 Å². The van der Waals surface area contributed by atoms with Gasteiger partial charge in [0.05, 0.1) is 6.54 Å². The number of aromatic nitrogens is 2. The van der Waals surface area contributed by atoms with Crippen LogP contribution in [0.25, 0.3) is 0 Å². The highest BCUT2D eigenvalue weighted by molar-refractivity contribution is 5.77. The van der Waals surface area contributed by atoms with Crippen LogP contribution < -0.4 is 5.32 Å². The van der Waals surface area contributed by atoms with Gasteiger partial charge in [-0.2, -0.15) is 5.26 Å². The van der Waals surface area contributed by atoms with Crippen LogP contribution in [0.1, 0.15) is 44.2 Å². The molecule has 0 unspecified atom stereocenters. The quantitative estimate of drug-likeness (QED) is 0.903. The van der Waals surface area contributed by atoms with E-state index in [1.165, 1.54) is 17.3 Å². The highest BCUT2D eigenvalue weighted by Gasteiger charge is 2.41. The third-order valence-corrected chi connectivity index (χ3v) is 4.99. The van der Waals surface area contributed by atoms with Gasteiger partial charge >= 0.3 is 0 Å². The average molecular weight is 349 g/mol. The summed E-state index contributed by atoms with van der Waals surface area (Å²) in [4.78, 5) is 21.8. The van der Waals surface area contributed by atoms with Crippen LogP contribution in [0.4, 0.5) is 14.6 Å². The summed E-state index contributed by atoms with van der Waals surface area (Å²) in [6.45, 7) is -0.348. The third-order valence-electron chi connectivity index (χ3n) is 4.99. The third kappa shape index (κ3) is 4.21. The van der Waals surface area contributed by atoms with Crippen LogP contribution in [0.2, 0.25) is 0 Å². The molecule has 134 valence electrons. The van der Waals surface area contributed by atoms with Gasteiger partial charge in [-0.25, -0.2) is 18.7 Å². The fraction of sp³-hybridized carbons (Fsp3) is 0.647. The second-order valence-electron chi connectivity index (χ2n) is 6.79. The molecule has 2 heterocycles. The lowest BCUT2D eigenvalue weighted by Crippen LogP contribution is -2.38. The minimum Gasteiger partial charge on any atom is -0.365 e. The number of amides is 1. The van der Waals surface area contributed by atoms with E-state index in [2.05, 4.69) is 15.3 Å². The normalized spacial score (nSPS) is 25.4. The molecule has 2 atom stereocenters. The van der Waals surface area contributed by atoms with Gasteiger partial charge in [-0.3, -0.25) is 4.79 Å². The summed E-state index contributed by atoms with van der Waals surface area (Å²) in [6.07, 6.45) is 6.71. The van der Waals surface area contributed by atoms with Gasteiger partial charge in [-0.1, -0.05) is 12.8 Å². The molecule has 0 radical (unpaired) electrons. The summed E-state index contributed by atoms with van der Waals surface area (Å²) in [5.41, 5.74) is 0.220. The highest BCUT2D eigenvalue weighted by atomic mass is 19.3. The molecule has 0 bridgehead atoms. The van der Waals surface area contributed by atoms with E-state index in [4.69, 9.17) is 5.26 Å². The Labute approximate surface area is 145 Å². The molecule has 0 aromatic carbocycles. The molecule has 1 saturated heterocycles. The Hall–Kier alpha value is -2.30. The fourth-order valence-corrected chi connectivity index (χ4v) is 3.65. The molecule has 1 amide bonds. The number of nitrogens with zero attached hydrogens (tertiary/aromatic N) is 4. The minimum absolute atomic E-state index is 0.00962. The maximum absolute atomic E-state index is 13.3. The molecule has 8 heteroatoms. The zero-order chi connectivity index (χ0) is 17.9. The maximum Gasteiger partial charge on any atom is 0.267 e. The average Bonchev–Trinajstić information content (AvgIpc) is 2.97. The first-order chi connectivity index (χ1) is 12.0. The number of anilines is 1. The van der Waals surface area contributed by atoms with Crippen molar-refractivity contribution in [3.63, 3.8) is 0 Å². The first kappa shape index (κ1) is 17.5. The summed E-state index contributed by atoms with van der Waals surface area (Å²) >= 11 is 0. The van der Waals surface area contributed by atoms with Gasteiger partial charge < -0.3 is 10.2 Å². The summed E-state index contributed by atoms with van der Waals surface area (Å²) < 4.78 is 26.7. The van der Waals surface area contributed by atoms with E-state index in [0.29, 0.717) is 5.82 Å². The second-order valence-corrected chi connectivity index (χ2v) is 6.79. The Bertz CT molecular complexity index is 675. The monoisotopic (exact) mass is 349 g/mol. The summed E-state index contributed by atoms with van der Waals surface area (Å²) in [7, 11) is 0. The molecule has 1 aliphatic carbocycles. The Balaban J connectivity index is 1.65. The van der Waals surface area contributed by atoms with Gasteiger partial charge in [-0.05, 0) is 18.8 Å². The van der Waals surface area contributed by atoms with Crippen LogP contribution >= 0.6 is 0 Å². The van der Waals surface area contributed by atoms with E-state index in [1.54, 1.807) is 0 Å². The molecule has 2 fully saturated rings. The van der Waals surface area contributed by atoms with Gasteiger partial charge in [0, 0.05) is 37.8 Å². The molecule has 1 saturated carbocycles. The molecule has 0 spiro atoms. The number of hydrogen-bond acceptors (Lipinski definition) is 5. The standard InChI is InChI=1S/C17H21F2N5O/c18-17(19)5-8-24(11-17)15(25)9-12-3-1-2-4-13(12)23-16-14(10-20)21-6-7-22-16/h6-7,12-13H,1-5,8-9,11H2,(H,22,23)/t12-,13-/m0/s1. The van der Waals surface area contributed by atoms with E-state index in [0.717, 1.165) is 25.7 Å². The molecule has 1 aromatic rings. The maximum atomic E-state index is 13.3. The molecule has 1 aromatic heterocycles. The molecule has 3 rings (SSSR count). The molecular weight excluding hydrogens is 328 g/mol. The highest BCUT2D eigenvalue weighted by Crippen LogP contribution is 2.32. The predicted molar refractivity (Wildman–Crippen MR) is 86.9 cm³/mol. The molecule has 1 aliphatic heterocycles. The van der Waals surface area contributed by atoms with E-state index in [-0.39, 0.29) is 42.9 Å². The van der Waals surface area contributed by atoms with E-state index >= 15 is 0 Å². The van der Waals surface area contributed by atoms with Crippen LogP contribution in [-0.4, -0.2) is 45.8 Å². The summed E-state index contributed by atoms with van der Waals surface area (Å²) in [6, 6.07) is 1.99. The van der Waals surface area contributed by atoms with Crippen molar-refractivity contribution in [2.45, 2.75) is 50.5 Å². The number of rotatable bonds is 4. The van der Waals surface area contributed by atoms with Crippen LogP contribution in [0.5, 0.6) is 0 Å². The van der Waals surface area contributed by atoms with Crippen molar-refractivity contribution in [1.29, 1.82) is 5.26 Å². The summed E-state index contributed by atoms with van der Waals surface area (Å²) in [5.74, 6) is -2.51. The molecule has 1 N–H and O–H groups in total. The van der Waals surface area contributed by atoms with E-state index in [9.17, 15) is 13.6 Å². The first-order valence-corrected chi connectivity index (χ1v) is 8.62. The number of carbonyl (C=O) groups is 1. The number of alkyl halides is 2. The zero-order valence-corrected chi connectivity index (χ0v) is 13.9. The zero-order valence-electron chi connectivity index (χ0n) is 13.9. The van der Waals surface area contributed by atoms with Crippen molar-refractivity contribution in [1.82, 2.24) is 14.9 Å². The van der Waals surface area contributed by atoms with Crippen LogP contribution in [0, 0.1) is 17.2 Å². The number of halogens is 2. The lowest BCUT2D eigenvalue weighted by molar-refractivity contribution is -0.133. The fourth-order valence-electron chi connectivity index (χ4n) is 3.65. The molecular formula is C17H21F2N5O. The molecule has 25 heavy (non-hydrogen) atoms. The number of carbonyl (C=O) groups excluding carboxylic acids is 1. The molecule has 2 aliphatic rings. The van der Waals surface area contributed by atoms with Crippen molar-refractivity contribution in [2.24, 2.45) is 5.92 Å². The lowest BCUT2D eigenvalue weighted by Gasteiger charge is -2.33.